The molecule has 2 N–H and O–H groups in total. The van der Waals surface area contributed by atoms with Gasteiger partial charge in [0.2, 0.25) is 10.0 Å². The molecule has 20 heavy (non-hydrogen) atoms. The van der Waals surface area contributed by atoms with Crippen molar-refractivity contribution in [2.45, 2.75) is 43.5 Å². The fourth-order valence-corrected chi connectivity index (χ4v) is 3.52. The summed E-state index contributed by atoms with van der Waals surface area (Å²) >= 11 is 0. The van der Waals surface area contributed by atoms with Crippen LogP contribution in [-0.4, -0.2) is 27.5 Å². The van der Waals surface area contributed by atoms with Gasteiger partial charge >= 0.3 is 0 Å². The van der Waals surface area contributed by atoms with Crippen molar-refractivity contribution in [2.75, 3.05) is 13.1 Å². The Bertz CT molecular complexity index is 510. The molecule has 6 heteroatoms. The molecule has 0 aliphatic carbocycles. The highest BCUT2D eigenvalue weighted by molar-refractivity contribution is 7.89. The molecule has 1 aromatic carbocycles. The highest BCUT2D eigenvalue weighted by Gasteiger charge is 2.22. The van der Waals surface area contributed by atoms with Crippen LogP contribution in [0.5, 0.6) is 0 Å². The molecule has 1 aliphatic rings. The Kier molecular flexibility index (Phi) is 6.45. The second kappa shape index (κ2) is 7.41. The standard InChI is InChI=1S/C14H22N2O2S.ClH/c1-3-11(2)12-4-6-14(7-5-12)19(17,18)16-13-8-9-15-10-13;/h4-7,11,13,15-16H,3,8-10H2,1-2H3;1H. The van der Waals surface area contributed by atoms with Crippen LogP contribution in [0.4, 0.5) is 0 Å². The Morgan fingerprint density at radius 1 is 1.35 bits per heavy atom. The van der Waals surface area contributed by atoms with E-state index >= 15 is 0 Å². The molecular weight excluding hydrogens is 296 g/mol. The van der Waals surface area contributed by atoms with E-state index in [2.05, 4.69) is 23.9 Å². The van der Waals surface area contributed by atoms with E-state index in [4.69, 9.17) is 0 Å². The Morgan fingerprint density at radius 2 is 2.00 bits per heavy atom. The van der Waals surface area contributed by atoms with Gasteiger partial charge in [-0.25, -0.2) is 13.1 Å². The van der Waals surface area contributed by atoms with Crippen LogP contribution < -0.4 is 10.0 Å². The van der Waals surface area contributed by atoms with Crippen molar-refractivity contribution in [3.63, 3.8) is 0 Å². The van der Waals surface area contributed by atoms with Crippen LogP contribution in [0, 0.1) is 0 Å². The monoisotopic (exact) mass is 318 g/mol. The summed E-state index contributed by atoms with van der Waals surface area (Å²) in [6.45, 7) is 5.86. The smallest absolute Gasteiger partial charge is 0.240 e. The van der Waals surface area contributed by atoms with Crippen LogP contribution in [-0.2, 0) is 10.0 Å². The molecular formula is C14H23ClN2O2S. The van der Waals surface area contributed by atoms with Crippen molar-refractivity contribution in [1.29, 1.82) is 0 Å². The van der Waals surface area contributed by atoms with Gasteiger partial charge in [0.15, 0.2) is 0 Å². The highest BCUT2D eigenvalue weighted by Crippen LogP contribution is 2.20. The summed E-state index contributed by atoms with van der Waals surface area (Å²) in [6.07, 6.45) is 1.91. The summed E-state index contributed by atoms with van der Waals surface area (Å²) in [6, 6.07) is 7.24. The summed E-state index contributed by atoms with van der Waals surface area (Å²) in [7, 11) is -3.38. The molecule has 0 spiro atoms. The first kappa shape index (κ1) is 17.4. The average molecular weight is 319 g/mol. The lowest BCUT2D eigenvalue weighted by molar-refractivity contribution is 0.560. The molecule has 0 amide bonds. The van der Waals surface area contributed by atoms with E-state index in [9.17, 15) is 8.42 Å². The van der Waals surface area contributed by atoms with Crippen LogP contribution in [0.2, 0.25) is 0 Å². The minimum absolute atomic E-state index is 0. The van der Waals surface area contributed by atoms with Gasteiger partial charge in [0.25, 0.3) is 0 Å². The van der Waals surface area contributed by atoms with Crippen molar-refractivity contribution >= 4 is 22.4 Å². The lowest BCUT2D eigenvalue weighted by Gasteiger charge is -2.13. The van der Waals surface area contributed by atoms with E-state index in [0.29, 0.717) is 17.4 Å². The zero-order chi connectivity index (χ0) is 13.9. The van der Waals surface area contributed by atoms with Crippen LogP contribution >= 0.6 is 12.4 Å². The summed E-state index contributed by atoms with van der Waals surface area (Å²) in [4.78, 5) is 0.353. The van der Waals surface area contributed by atoms with Gasteiger partial charge in [0, 0.05) is 12.6 Å². The van der Waals surface area contributed by atoms with E-state index in [1.54, 1.807) is 12.1 Å². The Labute approximate surface area is 127 Å². The fraction of sp³-hybridized carbons (Fsp3) is 0.571. The van der Waals surface area contributed by atoms with E-state index in [-0.39, 0.29) is 18.4 Å². The van der Waals surface area contributed by atoms with Gasteiger partial charge in [-0.05, 0) is 43.0 Å². The first-order valence-corrected chi connectivity index (χ1v) is 8.34. The molecule has 0 bridgehead atoms. The summed E-state index contributed by atoms with van der Waals surface area (Å²) in [5.74, 6) is 0.462. The molecule has 2 rings (SSSR count). The van der Waals surface area contributed by atoms with Gasteiger partial charge < -0.3 is 5.32 Å². The molecule has 4 nitrogen and oxygen atoms in total. The van der Waals surface area contributed by atoms with Crippen molar-refractivity contribution < 1.29 is 8.42 Å². The van der Waals surface area contributed by atoms with E-state index in [1.807, 2.05) is 12.1 Å². The summed E-state index contributed by atoms with van der Waals surface area (Å²) in [5, 5.41) is 3.15. The van der Waals surface area contributed by atoms with Crippen molar-refractivity contribution in [2.24, 2.45) is 0 Å². The zero-order valence-electron chi connectivity index (χ0n) is 11.9. The number of rotatable bonds is 5. The van der Waals surface area contributed by atoms with Gasteiger partial charge in [-0.3, -0.25) is 0 Å². The second-order valence-electron chi connectivity index (χ2n) is 5.19. The Morgan fingerprint density at radius 3 is 2.50 bits per heavy atom. The fourth-order valence-electron chi connectivity index (χ4n) is 2.25. The third-order valence-corrected chi connectivity index (χ3v) is 5.29. The topological polar surface area (TPSA) is 58.2 Å². The van der Waals surface area contributed by atoms with Gasteiger partial charge in [-0.1, -0.05) is 26.0 Å². The van der Waals surface area contributed by atoms with Gasteiger partial charge in [-0.2, -0.15) is 0 Å². The molecule has 1 saturated heterocycles. The minimum atomic E-state index is -3.38. The SMILES string of the molecule is CCC(C)c1ccc(S(=O)(=O)NC2CCNC2)cc1.Cl. The molecule has 1 fully saturated rings. The maximum Gasteiger partial charge on any atom is 0.240 e. The first-order chi connectivity index (χ1) is 9.03. The maximum atomic E-state index is 12.2. The number of hydrogen-bond acceptors (Lipinski definition) is 3. The maximum absolute atomic E-state index is 12.2. The second-order valence-corrected chi connectivity index (χ2v) is 6.90. The largest absolute Gasteiger partial charge is 0.315 e. The highest BCUT2D eigenvalue weighted by atomic mass is 35.5. The summed E-state index contributed by atoms with van der Waals surface area (Å²) < 4.78 is 27.1. The molecule has 2 atom stereocenters. The Balaban J connectivity index is 0.00000200. The quantitative estimate of drug-likeness (QED) is 0.875. The number of nitrogens with one attached hydrogen (secondary N) is 2. The molecule has 1 aliphatic heterocycles. The van der Waals surface area contributed by atoms with E-state index < -0.39 is 10.0 Å². The number of sulfonamides is 1. The third kappa shape index (κ3) is 4.19. The van der Waals surface area contributed by atoms with Gasteiger partial charge in [0.1, 0.15) is 0 Å². The molecule has 0 aromatic heterocycles. The predicted octanol–water partition coefficient (Wildman–Crippen LogP) is 2.26. The number of halogens is 1. The first-order valence-electron chi connectivity index (χ1n) is 6.86. The molecule has 114 valence electrons. The van der Waals surface area contributed by atoms with E-state index in [1.165, 1.54) is 5.56 Å². The molecule has 0 radical (unpaired) electrons. The summed E-state index contributed by atoms with van der Waals surface area (Å²) in [5.41, 5.74) is 1.18. The Hall–Kier alpha value is -0.620. The van der Waals surface area contributed by atoms with Crippen LogP contribution in [0.15, 0.2) is 29.2 Å². The number of hydrogen-bond donors (Lipinski definition) is 2. The van der Waals surface area contributed by atoms with Crippen molar-refractivity contribution in [3.05, 3.63) is 29.8 Å². The van der Waals surface area contributed by atoms with Gasteiger partial charge in [-0.15, -0.1) is 12.4 Å². The molecule has 1 aromatic rings. The normalized spacial score (nSPS) is 20.4. The van der Waals surface area contributed by atoms with Crippen molar-refractivity contribution in [3.8, 4) is 0 Å². The lowest BCUT2D eigenvalue weighted by Crippen LogP contribution is -2.36. The minimum Gasteiger partial charge on any atom is -0.315 e. The van der Waals surface area contributed by atoms with Crippen LogP contribution in [0.25, 0.3) is 0 Å². The van der Waals surface area contributed by atoms with E-state index in [0.717, 1.165) is 19.4 Å². The zero-order valence-corrected chi connectivity index (χ0v) is 13.6. The van der Waals surface area contributed by atoms with Gasteiger partial charge in [0.05, 0.1) is 4.90 Å². The molecule has 1 heterocycles. The lowest BCUT2D eigenvalue weighted by atomic mass is 9.99. The average Bonchev–Trinajstić information content (AvgIpc) is 2.90. The predicted molar refractivity (Wildman–Crippen MR) is 84.0 cm³/mol. The third-order valence-electron chi connectivity index (χ3n) is 3.75. The number of benzene rings is 1. The molecule has 2 unspecified atom stereocenters. The van der Waals surface area contributed by atoms with Crippen LogP contribution in [0.3, 0.4) is 0 Å². The molecule has 0 saturated carbocycles. The van der Waals surface area contributed by atoms with Crippen molar-refractivity contribution in [1.82, 2.24) is 10.0 Å². The van der Waals surface area contributed by atoms with Crippen LogP contribution in [0.1, 0.15) is 38.2 Å².